The van der Waals surface area contributed by atoms with Crippen LogP contribution in [0.3, 0.4) is 0 Å². The van der Waals surface area contributed by atoms with Gasteiger partial charge < -0.3 is 20.4 Å². The van der Waals surface area contributed by atoms with Crippen LogP contribution >= 0.6 is 0 Å². The van der Waals surface area contributed by atoms with Gasteiger partial charge in [0.05, 0.1) is 18.8 Å². The quantitative estimate of drug-likeness (QED) is 0.698. The zero-order valence-electron chi connectivity index (χ0n) is 15.8. The minimum Gasteiger partial charge on any atom is -0.467 e. The summed E-state index contributed by atoms with van der Waals surface area (Å²) in [5.74, 6) is 0.387. The maximum Gasteiger partial charge on any atom is 0.243 e. The van der Waals surface area contributed by atoms with Crippen molar-refractivity contribution < 1.29 is 14.0 Å². The van der Waals surface area contributed by atoms with Crippen molar-refractivity contribution in [2.45, 2.75) is 51.9 Å². The summed E-state index contributed by atoms with van der Waals surface area (Å²) in [5, 5.41) is 9.08. The molecule has 3 rings (SSSR count). The molecule has 27 heavy (non-hydrogen) atoms. The van der Waals surface area contributed by atoms with E-state index in [1.54, 1.807) is 18.4 Å². The summed E-state index contributed by atoms with van der Waals surface area (Å²) in [7, 11) is 0. The van der Waals surface area contributed by atoms with E-state index in [0.29, 0.717) is 25.3 Å². The van der Waals surface area contributed by atoms with Gasteiger partial charge in [0.2, 0.25) is 11.8 Å². The number of hydrogen-bond acceptors (Lipinski definition) is 4. The Hall–Kier alpha value is -2.60. The maximum atomic E-state index is 12.8. The van der Waals surface area contributed by atoms with Gasteiger partial charge in [-0.3, -0.25) is 9.59 Å². The van der Waals surface area contributed by atoms with Gasteiger partial charge in [-0.15, -0.1) is 0 Å². The molecule has 0 fully saturated rings. The van der Waals surface area contributed by atoms with Gasteiger partial charge in [-0.25, -0.2) is 0 Å². The van der Waals surface area contributed by atoms with Gasteiger partial charge in [0.15, 0.2) is 0 Å². The van der Waals surface area contributed by atoms with Gasteiger partial charge >= 0.3 is 0 Å². The van der Waals surface area contributed by atoms with Crippen LogP contribution in [0, 0.1) is 5.92 Å². The molecule has 144 valence electrons. The lowest BCUT2D eigenvalue weighted by atomic mass is 9.94. The molecule has 0 aliphatic carbocycles. The van der Waals surface area contributed by atoms with Gasteiger partial charge in [-0.05, 0) is 35.6 Å². The largest absolute Gasteiger partial charge is 0.467 e. The Morgan fingerprint density at radius 2 is 2.00 bits per heavy atom. The van der Waals surface area contributed by atoms with E-state index in [0.717, 1.165) is 6.42 Å². The number of carbonyl (C=O) groups is 2. The minimum atomic E-state index is -0.573. The number of hydrogen-bond donors (Lipinski definition) is 3. The molecule has 6 heteroatoms. The molecular weight excluding hydrogens is 342 g/mol. The zero-order valence-corrected chi connectivity index (χ0v) is 15.8. The van der Waals surface area contributed by atoms with Crippen LogP contribution in [-0.4, -0.2) is 23.9 Å². The molecule has 0 saturated heterocycles. The van der Waals surface area contributed by atoms with Crippen molar-refractivity contribution in [2.75, 3.05) is 0 Å². The molecule has 0 unspecified atom stereocenters. The average Bonchev–Trinajstić information content (AvgIpc) is 3.22. The lowest BCUT2D eigenvalue weighted by Gasteiger charge is -2.29. The van der Waals surface area contributed by atoms with Crippen LogP contribution in [0.2, 0.25) is 0 Å². The van der Waals surface area contributed by atoms with E-state index in [2.05, 4.69) is 28.1 Å². The molecule has 3 N–H and O–H groups in total. The monoisotopic (exact) mass is 369 g/mol. The third-order valence-electron chi connectivity index (χ3n) is 5.21. The van der Waals surface area contributed by atoms with E-state index >= 15 is 0 Å². The highest BCUT2D eigenvalue weighted by Gasteiger charge is 2.30. The first-order valence-corrected chi connectivity index (χ1v) is 9.49. The highest BCUT2D eigenvalue weighted by Crippen LogP contribution is 2.17. The van der Waals surface area contributed by atoms with Crippen molar-refractivity contribution in [3.63, 3.8) is 0 Å². The highest BCUT2D eigenvalue weighted by molar-refractivity contribution is 5.90. The summed E-state index contributed by atoms with van der Waals surface area (Å²) in [6.07, 6.45) is 2.99. The van der Waals surface area contributed by atoms with E-state index in [-0.39, 0.29) is 23.8 Å². The lowest BCUT2D eigenvalue weighted by Crippen LogP contribution is -2.56. The number of carbonyl (C=O) groups excluding carboxylic acids is 2. The standard InChI is InChI=1S/C21H27N3O3/c1-3-14(2)19(21(26)23-13-17-9-6-10-27-17)24-20(25)18-11-15-7-4-5-8-16(15)12-22-18/h4-10,14,18-19,22H,3,11-13H2,1-2H3,(H,23,26)(H,24,25)/t14-,18-,19+/m0/s1. The number of benzene rings is 1. The molecule has 1 aliphatic heterocycles. The molecule has 1 aromatic heterocycles. The third kappa shape index (κ3) is 4.77. The summed E-state index contributed by atoms with van der Waals surface area (Å²) in [4.78, 5) is 25.5. The van der Waals surface area contributed by atoms with Gasteiger partial charge in [0.25, 0.3) is 0 Å². The molecule has 0 saturated carbocycles. The van der Waals surface area contributed by atoms with Crippen molar-refractivity contribution in [1.29, 1.82) is 0 Å². The van der Waals surface area contributed by atoms with Crippen LogP contribution in [0.4, 0.5) is 0 Å². The van der Waals surface area contributed by atoms with Gasteiger partial charge in [0, 0.05) is 6.54 Å². The number of rotatable bonds is 7. The summed E-state index contributed by atoms with van der Waals surface area (Å²) < 4.78 is 5.25. The topological polar surface area (TPSA) is 83.4 Å². The summed E-state index contributed by atoms with van der Waals surface area (Å²) in [5.41, 5.74) is 2.40. The molecule has 2 amide bonds. The molecule has 1 aliphatic rings. The number of fused-ring (bicyclic) bond motifs is 1. The van der Waals surface area contributed by atoms with Crippen LogP contribution in [0.5, 0.6) is 0 Å². The number of furan rings is 1. The SMILES string of the molecule is CC[C@H](C)[C@@H](NC(=O)[C@@H]1Cc2ccccc2CN1)C(=O)NCc1ccco1. The zero-order chi connectivity index (χ0) is 19.2. The van der Waals surface area contributed by atoms with Crippen LogP contribution in [0.15, 0.2) is 47.1 Å². The first-order valence-electron chi connectivity index (χ1n) is 9.49. The lowest BCUT2D eigenvalue weighted by molar-refractivity contribution is -0.131. The van der Waals surface area contributed by atoms with Crippen molar-refractivity contribution in [3.8, 4) is 0 Å². The fourth-order valence-electron chi connectivity index (χ4n) is 3.29. The van der Waals surface area contributed by atoms with E-state index < -0.39 is 6.04 Å². The molecule has 0 bridgehead atoms. The smallest absolute Gasteiger partial charge is 0.243 e. The van der Waals surface area contributed by atoms with Crippen LogP contribution in [-0.2, 0) is 29.1 Å². The fourth-order valence-corrected chi connectivity index (χ4v) is 3.29. The van der Waals surface area contributed by atoms with Crippen molar-refractivity contribution in [2.24, 2.45) is 5.92 Å². The first kappa shape index (κ1) is 19.2. The Balaban J connectivity index is 1.62. The Bertz CT molecular complexity index is 773. The highest BCUT2D eigenvalue weighted by atomic mass is 16.3. The molecule has 1 aromatic carbocycles. The number of amides is 2. The second-order valence-electron chi connectivity index (χ2n) is 7.08. The molecule has 0 radical (unpaired) electrons. The van der Waals surface area contributed by atoms with Gasteiger partial charge in [-0.1, -0.05) is 44.5 Å². The van der Waals surface area contributed by atoms with Crippen molar-refractivity contribution in [1.82, 2.24) is 16.0 Å². The predicted octanol–water partition coefficient (Wildman–Crippen LogP) is 2.14. The third-order valence-corrected chi connectivity index (χ3v) is 5.21. The Morgan fingerprint density at radius 3 is 2.70 bits per heavy atom. The normalized spacial score (nSPS) is 18.2. The second kappa shape index (κ2) is 8.86. The van der Waals surface area contributed by atoms with E-state index in [4.69, 9.17) is 4.42 Å². The average molecular weight is 369 g/mol. The van der Waals surface area contributed by atoms with Crippen LogP contribution in [0.25, 0.3) is 0 Å². The van der Waals surface area contributed by atoms with Crippen LogP contribution < -0.4 is 16.0 Å². The summed E-state index contributed by atoms with van der Waals surface area (Å²) >= 11 is 0. The molecule has 0 spiro atoms. The van der Waals surface area contributed by atoms with Gasteiger partial charge in [0.1, 0.15) is 11.8 Å². The molecule has 2 heterocycles. The van der Waals surface area contributed by atoms with Crippen LogP contribution in [0.1, 0.15) is 37.2 Å². The minimum absolute atomic E-state index is 0.0291. The number of nitrogens with one attached hydrogen (secondary N) is 3. The van der Waals surface area contributed by atoms with Crippen molar-refractivity contribution >= 4 is 11.8 Å². The summed E-state index contributed by atoms with van der Waals surface area (Å²) in [6.45, 7) is 4.95. The first-order chi connectivity index (χ1) is 13.1. The molecule has 3 atom stereocenters. The maximum absolute atomic E-state index is 12.8. The van der Waals surface area contributed by atoms with E-state index in [1.165, 1.54) is 11.1 Å². The molecular formula is C21H27N3O3. The Morgan fingerprint density at radius 1 is 1.22 bits per heavy atom. The summed E-state index contributed by atoms with van der Waals surface area (Å²) in [6, 6.07) is 10.8. The van der Waals surface area contributed by atoms with E-state index in [9.17, 15) is 9.59 Å². The van der Waals surface area contributed by atoms with Crippen molar-refractivity contribution in [3.05, 3.63) is 59.5 Å². The predicted molar refractivity (Wildman–Crippen MR) is 103 cm³/mol. The molecule has 2 aromatic rings. The van der Waals surface area contributed by atoms with Gasteiger partial charge in [-0.2, -0.15) is 0 Å². The van der Waals surface area contributed by atoms with E-state index in [1.807, 2.05) is 26.0 Å². The molecule has 6 nitrogen and oxygen atoms in total. The Kier molecular flexibility index (Phi) is 6.29. The second-order valence-corrected chi connectivity index (χ2v) is 7.08. The fraction of sp³-hybridized carbons (Fsp3) is 0.429. The Labute approximate surface area is 159 Å².